The maximum Gasteiger partial charge on any atom is 0.0932 e. The summed E-state index contributed by atoms with van der Waals surface area (Å²) >= 11 is 0. The molecule has 2 aromatic rings. The number of benzene rings is 2. The van der Waals surface area contributed by atoms with E-state index in [-0.39, 0.29) is 0 Å². The van der Waals surface area contributed by atoms with Crippen molar-refractivity contribution in [3.8, 4) is 11.1 Å². The van der Waals surface area contributed by atoms with E-state index in [1.807, 2.05) is 27.7 Å². The van der Waals surface area contributed by atoms with Gasteiger partial charge in [-0.1, -0.05) is 5.22 Å². The molecule has 0 unspecified atom stereocenters. The summed E-state index contributed by atoms with van der Waals surface area (Å²) in [6, 6.07) is 8.45. The van der Waals surface area contributed by atoms with Gasteiger partial charge < -0.3 is 11.3 Å². The summed E-state index contributed by atoms with van der Waals surface area (Å²) in [5.74, 6) is 10.7. The highest BCUT2D eigenvalue weighted by molar-refractivity contribution is 5.74. The van der Waals surface area contributed by atoms with Crippen LogP contribution in [0.25, 0.3) is 11.1 Å². The van der Waals surface area contributed by atoms with Gasteiger partial charge in [0.2, 0.25) is 0 Å². The molecule has 5 heteroatoms. The zero-order valence-corrected chi connectivity index (χ0v) is 12.9. The SMILES string of the molecule is Cc1cc(-c2cc(C)c(NN)c(C)c2)cc(C)c1N=NN. The van der Waals surface area contributed by atoms with E-state index in [0.717, 1.165) is 44.8 Å². The first-order valence-electron chi connectivity index (χ1n) is 6.78. The summed E-state index contributed by atoms with van der Waals surface area (Å²) in [5, 5.41) is 7.36. The Morgan fingerprint density at radius 3 is 1.62 bits per heavy atom. The Morgan fingerprint density at radius 2 is 1.24 bits per heavy atom. The molecule has 0 fully saturated rings. The van der Waals surface area contributed by atoms with Gasteiger partial charge in [0.05, 0.1) is 11.4 Å². The van der Waals surface area contributed by atoms with Crippen molar-refractivity contribution in [2.75, 3.05) is 5.43 Å². The Labute approximate surface area is 125 Å². The Kier molecular flexibility index (Phi) is 4.23. The Bertz CT molecular complexity index is 658. The molecular formula is C16H21N5. The molecule has 5 nitrogen and oxygen atoms in total. The maximum atomic E-state index is 5.56. The molecule has 0 saturated carbocycles. The summed E-state index contributed by atoms with van der Waals surface area (Å²) in [5.41, 5.74) is 11.2. The smallest absolute Gasteiger partial charge is 0.0932 e. The summed E-state index contributed by atoms with van der Waals surface area (Å²) in [7, 11) is 0. The number of aryl methyl sites for hydroxylation is 4. The molecule has 2 rings (SSSR count). The van der Waals surface area contributed by atoms with E-state index < -0.39 is 0 Å². The lowest BCUT2D eigenvalue weighted by molar-refractivity contribution is 1.05. The van der Waals surface area contributed by atoms with Crippen molar-refractivity contribution >= 4 is 11.4 Å². The van der Waals surface area contributed by atoms with Crippen LogP contribution in [0.2, 0.25) is 0 Å². The highest BCUT2D eigenvalue weighted by Crippen LogP contribution is 2.33. The van der Waals surface area contributed by atoms with Crippen LogP contribution in [0, 0.1) is 27.7 Å². The number of hydrogen-bond donors (Lipinski definition) is 3. The van der Waals surface area contributed by atoms with E-state index in [1.165, 1.54) is 0 Å². The van der Waals surface area contributed by atoms with E-state index in [1.54, 1.807) is 0 Å². The number of hydrazine groups is 1. The van der Waals surface area contributed by atoms with Crippen molar-refractivity contribution in [3.63, 3.8) is 0 Å². The van der Waals surface area contributed by atoms with Crippen LogP contribution < -0.4 is 17.1 Å². The molecule has 0 spiro atoms. The Balaban J connectivity index is 2.58. The molecule has 5 N–H and O–H groups in total. The molecule has 0 bridgehead atoms. The van der Waals surface area contributed by atoms with Crippen molar-refractivity contribution in [3.05, 3.63) is 46.5 Å². The highest BCUT2D eigenvalue weighted by Gasteiger charge is 2.09. The molecule has 0 amide bonds. The number of nitrogens with one attached hydrogen (secondary N) is 1. The van der Waals surface area contributed by atoms with Crippen LogP contribution in [0.1, 0.15) is 22.3 Å². The number of nitrogens with two attached hydrogens (primary N) is 2. The van der Waals surface area contributed by atoms with E-state index in [2.05, 4.69) is 40.0 Å². The van der Waals surface area contributed by atoms with Crippen LogP contribution in [0.5, 0.6) is 0 Å². The predicted molar refractivity (Wildman–Crippen MR) is 87.3 cm³/mol. The molecule has 21 heavy (non-hydrogen) atoms. The number of hydrogen-bond acceptors (Lipinski definition) is 4. The quantitative estimate of drug-likeness (QED) is 0.454. The van der Waals surface area contributed by atoms with Crippen LogP contribution in [-0.4, -0.2) is 0 Å². The van der Waals surface area contributed by atoms with Gasteiger partial charge >= 0.3 is 0 Å². The maximum absolute atomic E-state index is 5.56. The second kappa shape index (κ2) is 5.93. The number of rotatable bonds is 3. The first-order chi connectivity index (χ1) is 9.97. The summed E-state index contributed by atoms with van der Waals surface area (Å²) in [6.07, 6.45) is 0. The van der Waals surface area contributed by atoms with E-state index >= 15 is 0 Å². The molecule has 0 radical (unpaired) electrons. The van der Waals surface area contributed by atoms with Gasteiger partial charge in [-0.05, 0) is 85.3 Å². The molecule has 0 aromatic heterocycles. The fraction of sp³-hybridized carbons (Fsp3) is 0.250. The third kappa shape index (κ3) is 2.87. The minimum Gasteiger partial charge on any atom is -0.324 e. The second-order valence-electron chi connectivity index (χ2n) is 5.30. The standard InChI is InChI=1S/C16H21N5/c1-9-5-13(6-10(2)15(9)19-17)14-7-11(3)16(20-21-18)12(4)8-14/h5-8,19H,17H2,1-4H3,(H2,18,20). The Morgan fingerprint density at radius 1 is 0.810 bits per heavy atom. The average Bonchev–Trinajstić information content (AvgIpc) is 2.42. The van der Waals surface area contributed by atoms with E-state index in [0.29, 0.717) is 0 Å². The zero-order chi connectivity index (χ0) is 15.6. The molecule has 0 aliphatic rings. The monoisotopic (exact) mass is 283 g/mol. The van der Waals surface area contributed by atoms with Gasteiger partial charge in [0, 0.05) is 0 Å². The number of nitrogen functional groups attached to an aromatic ring is 1. The molecule has 0 saturated heterocycles. The van der Waals surface area contributed by atoms with Crippen LogP contribution in [0.4, 0.5) is 11.4 Å². The van der Waals surface area contributed by atoms with Gasteiger partial charge in [-0.2, -0.15) is 0 Å². The van der Waals surface area contributed by atoms with Crippen molar-refractivity contribution in [1.29, 1.82) is 0 Å². The molecule has 0 aliphatic carbocycles. The molecule has 0 heterocycles. The van der Waals surface area contributed by atoms with Crippen LogP contribution >= 0.6 is 0 Å². The third-order valence-electron chi connectivity index (χ3n) is 3.66. The van der Waals surface area contributed by atoms with Gasteiger partial charge in [0.1, 0.15) is 0 Å². The minimum absolute atomic E-state index is 0.829. The van der Waals surface area contributed by atoms with Crippen molar-refractivity contribution in [1.82, 2.24) is 0 Å². The zero-order valence-electron chi connectivity index (χ0n) is 12.9. The largest absolute Gasteiger partial charge is 0.324 e. The molecule has 0 aliphatic heterocycles. The number of nitrogens with zero attached hydrogens (tertiary/aromatic N) is 2. The molecule has 110 valence electrons. The molecular weight excluding hydrogens is 262 g/mol. The van der Waals surface area contributed by atoms with Crippen LogP contribution in [-0.2, 0) is 0 Å². The number of anilines is 1. The van der Waals surface area contributed by atoms with Crippen molar-refractivity contribution in [2.45, 2.75) is 27.7 Å². The van der Waals surface area contributed by atoms with Gasteiger partial charge in [-0.3, -0.25) is 5.84 Å². The lowest BCUT2D eigenvalue weighted by Gasteiger charge is -2.14. The van der Waals surface area contributed by atoms with Crippen LogP contribution in [0.15, 0.2) is 34.6 Å². The van der Waals surface area contributed by atoms with Gasteiger partial charge in [-0.15, -0.1) is 5.11 Å². The molecule has 0 atom stereocenters. The summed E-state index contributed by atoms with van der Waals surface area (Å²) < 4.78 is 0. The lowest BCUT2D eigenvalue weighted by atomic mass is 9.95. The summed E-state index contributed by atoms with van der Waals surface area (Å²) in [4.78, 5) is 0. The fourth-order valence-corrected chi connectivity index (χ4v) is 2.70. The van der Waals surface area contributed by atoms with Crippen molar-refractivity contribution in [2.24, 2.45) is 22.0 Å². The average molecular weight is 283 g/mol. The van der Waals surface area contributed by atoms with Gasteiger partial charge in [0.25, 0.3) is 0 Å². The van der Waals surface area contributed by atoms with Gasteiger partial charge in [0.15, 0.2) is 0 Å². The predicted octanol–water partition coefficient (Wildman–Crippen LogP) is 3.83. The Hall–Kier alpha value is -2.40. The van der Waals surface area contributed by atoms with Gasteiger partial charge in [-0.25, -0.2) is 0 Å². The normalized spacial score (nSPS) is 11.1. The topological polar surface area (TPSA) is 88.8 Å². The summed E-state index contributed by atoms with van der Waals surface area (Å²) in [6.45, 7) is 8.11. The van der Waals surface area contributed by atoms with Crippen molar-refractivity contribution < 1.29 is 0 Å². The third-order valence-corrected chi connectivity index (χ3v) is 3.66. The second-order valence-corrected chi connectivity index (χ2v) is 5.30. The van der Waals surface area contributed by atoms with E-state index in [4.69, 9.17) is 11.7 Å². The fourth-order valence-electron chi connectivity index (χ4n) is 2.70. The first kappa shape index (κ1) is 15.0. The van der Waals surface area contributed by atoms with E-state index in [9.17, 15) is 0 Å². The molecule has 2 aromatic carbocycles. The highest BCUT2D eigenvalue weighted by atomic mass is 15.3. The minimum atomic E-state index is 0.829. The first-order valence-corrected chi connectivity index (χ1v) is 6.78. The van der Waals surface area contributed by atoms with Crippen LogP contribution in [0.3, 0.4) is 0 Å². The lowest BCUT2D eigenvalue weighted by Crippen LogP contribution is -2.09.